The van der Waals surface area contributed by atoms with Crippen LogP contribution in [0.4, 0.5) is 0 Å². The Morgan fingerprint density at radius 3 is 1.07 bits per heavy atom. The fourth-order valence-electron chi connectivity index (χ4n) is 7.83. The van der Waals surface area contributed by atoms with Crippen molar-refractivity contribution in [3.05, 3.63) is 0 Å². The fraction of sp³-hybridized carbons (Fsp3) is 1.00. The van der Waals surface area contributed by atoms with E-state index in [-0.39, 0.29) is 0 Å². The van der Waals surface area contributed by atoms with Gasteiger partial charge in [-0.25, -0.2) is 0 Å². The summed E-state index contributed by atoms with van der Waals surface area (Å²) >= 11 is -1.97. The number of rotatable bonds is 7. The van der Waals surface area contributed by atoms with Crippen LogP contribution in [0.25, 0.3) is 0 Å². The Balaban J connectivity index is 2.21. The summed E-state index contributed by atoms with van der Waals surface area (Å²) in [4.78, 5) is 0. The zero-order chi connectivity index (χ0) is 22.9. The van der Waals surface area contributed by atoms with E-state index in [1.807, 2.05) is 0 Å². The summed E-state index contributed by atoms with van der Waals surface area (Å²) in [7, 11) is -5.85. The van der Waals surface area contributed by atoms with Crippen LogP contribution in [0.15, 0.2) is 3.90 Å². The van der Waals surface area contributed by atoms with E-state index < -0.39 is 47.5 Å². The third kappa shape index (κ3) is 5.30. The van der Waals surface area contributed by atoms with Crippen LogP contribution in [-0.4, -0.2) is 59.5 Å². The second-order valence-electron chi connectivity index (χ2n) is 14.9. The van der Waals surface area contributed by atoms with Gasteiger partial charge in [-0.05, 0) is 0 Å². The first kappa shape index (κ1) is 25.4. The molecule has 8 heteroatoms. The second-order valence-corrected chi connectivity index (χ2v) is 42.3. The van der Waals surface area contributed by atoms with E-state index in [0.29, 0.717) is 5.54 Å². The quantitative estimate of drug-likeness (QED) is 0.318. The first-order chi connectivity index (χ1) is 13.3. The van der Waals surface area contributed by atoms with Gasteiger partial charge in [0.05, 0.1) is 0 Å². The van der Waals surface area contributed by atoms with E-state index in [4.69, 9.17) is 3.90 Å². The maximum atomic E-state index is 6.29. The van der Waals surface area contributed by atoms with Crippen LogP contribution in [0.2, 0.25) is 78.6 Å². The predicted molar refractivity (Wildman–Crippen MR) is 146 cm³/mol. The molecular weight excluding hydrogens is 491 g/mol. The van der Waals surface area contributed by atoms with E-state index in [0.717, 1.165) is 17.8 Å². The standard InChI is InChI=1S/C22H51GeN3Si4/c1-27(2,3)25(28(4,5)6)23(26(29(7,8)9)30(10,11)12)24-22-16-19-13-20(17-22)15-21(14-19)18-22/h19-21H,13-18H2,1-12H3. The van der Waals surface area contributed by atoms with Gasteiger partial charge in [-0.3, -0.25) is 0 Å². The molecule has 30 heavy (non-hydrogen) atoms. The van der Waals surface area contributed by atoms with Crippen molar-refractivity contribution in [1.82, 2.24) is 6.38 Å². The Bertz CT molecular complexity index is 585. The molecule has 4 aliphatic rings. The molecule has 0 atom stereocenters. The molecule has 4 bridgehead atoms. The van der Waals surface area contributed by atoms with Crippen LogP contribution in [0, 0.1) is 17.8 Å². The molecule has 4 aliphatic carbocycles. The molecule has 0 spiro atoms. The van der Waals surface area contributed by atoms with E-state index in [1.165, 1.54) is 38.5 Å². The molecule has 4 rings (SSSR count). The normalized spacial score (nSPS) is 31.7. The van der Waals surface area contributed by atoms with Crippen molar-refractivity contribution in [3.8, 4) is 0 Å². The minimum absolute atomic E-state index is 0.360. The Morgan fingerprint density at radius 2 is 0.833 bits per heavy atom. The minimum atomic E-state index is -1.97. The molecule has 0 heterocycles. The molecule has 0 saturated heterocycles. The van der Waals surface area contributed by atoms with Gasteiger partial charge in [0.15, 0.2) is 0 Å². The monoisotopic (exact) mass is 543 g/mol. The Kier molecular flexibility index (Phi) is 6.73. The molecule has 0 radical (unpaired) electrons. The summed E-state index contributed by atoms with van der Waals surface area (Å²) < 4.78 is 12.8. The first-order valence-corrected chi connectivity index (χ1v) is 29.1. The van der Waals surface area contributed by atoms with Crippen molar-refractivity contribution in [1.29, 1.82) is 0 Å². The summed E-state index contributed by atoms with van der Waals surface area (Å²) in [6.45, 7) is 31.5. The van der Waals surface area contributed by atoms with E-state index >= 15 is 0 Å². The molecule has 3 nitrogen and oxygen atoms in total. The van der Waals surface area contributed by atoms with Gasteiger partial charge in [0, 0.05) is 0 Å². The molecule has 0 aromatic carbocycles. The average Bonchev–Trinajstić information content (AvgIpc) is 2.37. The van der Waals surface area contributed by atoms with Crippen molar-refractivity contribution in [2.75, 3.05) is 0 Å². The summed E-state index contributed by atoms with van der Waals surface area (Å²) in [5.74, 6) is 3.00. The summed E-state index contributed by atoms with van der Waals surface area (Å²) in [5.41, 5.74) is 0.360. The SMILES string of the molecule is C[Si](C)(C)[N]([Ge](=[N]C12CC3CC(CC(C3)C1)C2)[N]([Si](C)(C)C)[Si](C)(C)C)[Si](C)(C)C. The van der Waals surface area contributed by atoms with Gasteiger partial charge in [-0.2, -0.15) is 0 Å². The molecule has 174 valence electrons. The number of hydrogen-bond donors (Lipinski definition) is 0. The number of hydrogen-bond acceptors (Lipinski definition) is 1. The van der Waals surface area contributed by atoms with Gasteiger partial charge >= 0.3 is 198 Å². The van der Waals surface area contributed by atoms with Gasteiger partial charge in [-0.1, -0.05) is 0 Å². The van der Waals surface area contributed by atoms with Crippen LogP contribution in [0.5, 0.6) is 0 Å². The Labute approximate surface area is 197 Å². The van der Waals surface area contributed by atoms with Crippen LogP contribution >= 0.6 is 0 Å². The second kappa shape index (κ2) is 7.94. The molecule has 0 aliphatic heterocycles. The summed E-state index contributed by atoms with van der Waals surface area (Å²) in [5, 5.41) is 0. The van der Waals surface area contributed by atoms with Crippen molar-refractivity contribution in [2.45, 2.75) is 123 Å². The van der Waals surface area contributed by atoms with Gasteiger partial charge in [-0.15, -0.1) is 0 Å². The van der Waals surface area contributed by atoms with Gasteiger partial charge in [0.2, 0.25) is 0 Å². The Morgan fingerprint density at radius 1 is 0.567 bits per heavy atom. The first-order valence-electron chi connectivity index (χ1n) is 12.5. The van der Waals surface area contributed by atoms with Crippen molar-refractivity contribution < 1.29 is 0 Å². The third-order valence-electron chi connectivity index (χ3n) is 7.43. The zero-order valence-corrected chi connectivity index (χ0v) is 28.4. The van der Waals surface area contributed by atoms with Crippen LogP contribution in [0.1, 0.15) is 38.5 Å². The molecule has 4 saturated carbocycles. The molecule has 4 fully saturated rings. The topological polar surface area (TPSA) is 18.8 Å². The average molecular weight is 543 g/mol. The fourth-order valence-corrected chi connectivity index (χ4v) is 48.9. The van der Waals surface area contributed by atoms with Crippen LogP contribution in [-0.2, 0) is 0 Å². The molecule has 0 N–H and O–H groups in total. The van der Waals surface area contributed by atoms with Gasteiger partial charge in [0.25, 0.3) is 0 Å². The van der Waals surface area contributed by atoms with E-state index in [9.17, 15) is 0 Å². The summed E-state index contributed by atoms with van der Waals surface area (Å²) in [6.07, 6.45) is 8.90. The zero-order valence-electron chi connectivity index (χ0n) is 22.3. The third-order valence-corrected chi connectivity index (χ3v) is 45.0. The molecule has 0 aromatic heterocycles. The summed E-state index contributed by atoms with van der Waals surface area (Å²) in [6, 6.07) is 0. The van der Waals surface area contributed by atoms with E-state index in [1.54, 1.807) is 0 Å². The molecule has 0 unspecified atom stereocenters. The van der Waals surface area contributed by atoms with Crippen LogP contribution < -0.4 is 0 Å². The van der Waals surface area contributed by atoms with Crippen molar-refractivity contribution in [3.63, 3.8) is 0 Å². The van der Waals surface area contributed by atoms with Gasteiger partial charge in [0.1, 0.15) is 0 Å². The van der Waals surface area contributed by atoms with E-state index in [2.05, 4.69) is 84.9 Å². The van der Waals surface area contributed by atoms with Crippen molar-refractivity contribution >= 4 is 47.5 Å². The van der Waals surface area contributed by atoms with Crippen LogP contribution in [0.3, 0.4) is 0 Å². The molecule has 0 amide bonds. The molecular formula is C22H51GeN3Si4. The predicted octanol–water partition coefficient (Wildman–Crippen LogP) is 7.15. The Hall–Kier alpha value is 0.810. The molecule has 0 aromatic rings. The maximum absolute atomic E-state index is 6.29. The van der Waals surface area contributed by atoms with Crippen molar-refractivity contribution in [2.24, 2.45) is 21.7 Å². The van der Waals surface area contributed by atoms with Gasteiger partial charge < -0.3 is 0 Å². The number of nitrogens with zero attached hydrogens (tertiary/aromatic N) is 3.